The second kappa shape index (κ2) is 8.60. The lowest BCUT2D eigenvalue weighted by Gasteiger charge is -2.03. The average molecular weight is 441 g/mol. The number of aliphatic imine (C=N–C) groups is 2. The molecule has 0 amide bonds. The molecule has 0 spiro atoms. The molecule has 2 aromatic heterocycles. The lowest BCUT2D eigenvalue weighted by Crippen LogP contribution is -1.83. The van der Waals surface area contributed by atoms with Gasteiger partial charge in [-0.3, -0.25) is 9.98 Å². The molecule has 6 rings (SSSR count). The Morgan fingerprint density at radius 1 is 0.500 bits per heavy atom. The fourth-order valence-corrected chi connectivity index (χ4v) is 3.82. The van der Waals surface area contributed by atoms with Crippen molar-refractivity contribution in [2.75, 3.05) is 0 Å². The van der Waals surface area contributed by atoms with Crippen LogP contribution in [0.25, 0.3) is 33.2 Å². The average Bonchev–Trinajstić information content (AvgIpc) is 3.50. The number of para-hydroxylation sites is 4. The van der Waals surface area contributed by atoms with Crippen LogP contribution in [0.4, 0.5) is 11.4 Å². The zero-order chi connectivity index (χ0) is 22.7. The maximum absolute atomic E-state index is 4.54. The molecule has 0 saturated heterocycles. The van der Waals surface area contributed by atoms with Crippen molar-refractivity contribution in [3.8, 4) is 11.1 Å². The Balaban J connectivity index is 1.14. The Bertz CT molecular complexity index is 1450. The normalized spacial score (nSPS) is 11.9. The minimum atomic E-state index is 0.740. The van der Waals surface area contributed by atoms with Crippen LogP contribution in [0.1, 0.15) is 11.6 Å². The first kappa shape index (κ1) is 19.8. The third-order valence-corrected chi connectivity index (χ3v) is 5.56. The fourth-order valence-electron chi connectivity index (χ4n) is 3.82. The van der Waals surface area contributed by atoms with Crippen molar-refractivity contribution < 1.29 is 0 Å². The Kier molecular flexibility index (Phi) is 5.01. The number of aromatic nitrogens is 4. The number of H-pyrrole nitrogens is 2. The SMILES string of the molecule is C(=Nc1ccc(-c2ccc(N=Cc3nc4ccccc4[nH]3)cc2)cc1)c1nc2ccccc2[nH]1. The third-order valence-electron chi connectivity index (χ3n) is 5.56. The summed E-state index contributed by atoms with van der Waals surface area (Å²) in [5, 5.41) is 0. The van der Waals surface area contributed by atoms with E-state index in [1.54, 1.807) is 12.4 Å². The van der Waals surface area contributed by atoms with Gasteiger partial charge in [-0.1, -0.05) is 48.5 Å². The van der Waals surface area contributed by atoms with E-state index < -0.39 is 0 Å². The number of aromatic amines is 2. The largest absolute Gasteiger partial charge is 0.337 e. The van der Waals surface area contributed by atoms with Gasteiger partial charge in [0.25, 0.3) is 0 Å². The summed E-state index contributed by atoms with van der Waals surface area (Å²) in [7, 11) is 0. The molecular formula is C28H20N6. The summed E-state index contributed by atoms with van der Waals surface area (Å²) in [4.78, 5) is 24.6. The van der Waals surface area contributed by atoms with Crippen LogP contribution < -0.4 is 0 Å². The van der Waals surface area contributed by atoms with Crippen LogP contribution in [0.5, 0.6) is 0 Å². The van der Waals surface area contributed by atoms with E-state index in [4.69, 9.17) is 0 Å². The smallest absolute Gasteiger partial charge is 0.149 e. The number of hydrogen-bond donors (Lipinski definition) is 2. The summed E-state index contributed by atoms with van der Waals surface area (Å²) in [6.07, 6.45) is 3.51. The maximum atomic E-state index is 4.54. The van der Waals surface area contributed by atoms with Crippen LogP contribution in [-0.4, -0.2) is 32.4 Å². The molecule has 6 aromatic rings. The quantitative estimate of drug-likeness (QED) is 0.296. The molecular weight excluding hydrogens is 420 g/mol. The number of fused-ring (bicyclic) bond motifs is 2. The molecule has 162 valence electrons. The first-order valence-corrected chi connectivity index (χ1v) is 11.0. The van der Waals surface area contributed by atoms with E-state index in [2.05, 4.69) is 54.2 Å². The number of nitrogens with zero attached hydrogens (tertiary/aromatic N) is 4. The number of rotatable bonds is 5. The Morgan fingerprint density at radius 3 is 1.32 bits per heavy atom. The molecule has 0 unspecified atom stereocenters. The lowest BCUT2D eigenvalue weighted by molar-refractivity contribution is 1.30. The molecule has 2 heterocycles. The fraction of sp³-hybridized carbons (Fsp3) is 0. The number of nitrogens with one attached hydrogen (secondary N) is 2. The van der Waals surface area contributed by atoms with E-state index in [0.29, 0.717) is 0 Å². The summed E-state index contributed by atoms with van der Waals surface area (Å²) < 4.78 is 0. The maximum Gasteiger partial charge on any atom is 0.149 e. The Labute approximate surface area is 195 Å². The monoisotopic (exact) mass is 440 g/mol. The first-order valence-electron chi connectivity index (χ1n) is 11.0. The van der Waals surface area contributed by atoms with Crippen LogP contribution in [-0.2, 0) is 0 Å². The number of benzene rings is 4. The molecule has 0 aliphatic rings. The van der Waals surface area contributed by atoms with Gasteiger partial charge in [0.05, 0.1) is 45.9 Å². The standard InChI is InChI=1S/C28H20N6/c1-2-6-24-23(5-1)31-27(32-24)17-29-21-13-9-19(10-14-21)20-11-15-22(16-12-20)30-18-28-33-25-7-3-4-8-26(25)34-28/h1-18H,(H,31,32)(H,33,34). The van der Waals surface area contributed by atoms with Gasteiger partial charge in [-0.2, -0.15) is 0 Å². The predicted molar refractivity (Wildman–Crippen MR) is 139 cm³/mol. The Hall–Kier alpha value is -4.84. The minimum absolute atomic E-state index is 0.740. The van der Waals surface area contributed by atoms with Crippen molar-refractivity contribution in [1.82, 2.24) is 19.9 Å². The van der Waals surface area contributed by atoms with Crippen molar-refractivity contribution in [2.24, 2.45) is 9.98 Å². The van der Waals surface area contributed by atoms with Crippen LogP contribution in [0, 0.1) is 0 Å². The van der Waals surface area contributed by atoms with Gasteiger partial charge in [-0.15, -0.1) is 0 Å². The molecule has 0 aliphatic carbocycles. The van der Waals surface area contributed by atoms with Crippen LogP contribution >= 0.6 is 0 Å². The van der Waals surface area contributed by atoms with Crippen LogP contribution in [0.3, 0.4) is 0 Å². The predicted octanol–water partition coefficient (Wildman–Crippen LogP) is 6.61. The van der Waals surface area contributed by atoms with Crippen molar-refractivity contribution in [3.63, 3.8) is 0 Å². The van der Waals surface area contributed by atoms with E-state index in [1.165, 1.54) is 0 Å². The van der Waals surface area contributed by atoms with E-state index in [1.807, 2.05) is 72.8 Å². The summed E-state index contributed by atoms with van der Waals surface area (Å²) in [6.45, 7) is 0. The van der Waals surface area contributed by atoms with Crippen molar-refractivity contribution in [2.45, 2.75) is 0 Å². The zero-order valence-electron chi connectivity index (χ0n) is 18.2. The van der Waals surface area contributed by atoms with Gasteiger partial charge in [0.15, 0.2) is 0 Å². The third kappa shape index (κ3) is 4.12. The van der Waals surface area contributed by atoms with Crippen LogP contribution in [0.15, 0.2) is 107 Å². The van der Waals surface area contributed by atoms with Gasteiger partial charge in [0.2, 0.25) is 0 Å². The summed E-state index contributed by atoms with van der Waals surface area (Å²) in [6, 6.07) is 32.2. The molecule has 6 heteroatoms. The van der Waals surface area contributed by atoms with E-state index in [0.717, 1.165) is 56.2 Å². The first-order chi connectivity index (χ1) is 16.8. The molecule has 34 heavy (non-hydrogen) atoms. The summed E-state index contributed by atoms with van der Waals surface area (Å²) >= 11 is 0. The highest BCUT2D eigenvalue weighted by Crippen LogP contribution is 2.25. The summed E-state index contributed by atoms with van der Waals surface area (Å²) in [5.74, 6) is 1.48. The second-order valence-electron chi connectivity index (χ2n) is 7.89. The van der Waals surface area contributed by atoms with Crippen molar-refractivity contribution in [3.05, 3.63) is 109 Å². The molecule has 0 saturated carbocycles. The number of hydrogen-bond acceptors (Lipinski definition) is 4. The topological polar surface area (TPSA) is 82.1 Å². The summed E-state index contributed by atoms with van der Waals surface area (Å²) in [5.41, 5.74) is 7.86. The Morgan fingerprint density at radius 2 is 0.912 bits per heavy atom. The van der Waals surface area contributed by atoms with Crippen molar-refractivity contribution in [1.29, 1.82) is 0 Å². The molecule has 0 atom stereocenters. The minimum Gasteiger partial charge on any atom is -0.337 e. The highest BCUT2D eigenvalue weighted by atomic mass is 14.9. The molecule has 0 radical (unpaired) electrons. The highest BCUT2D eigenvalue weighted by Gasteiger charge is 2.02. The lowest BCUT2D eigenvalue weighted by atomic mass is 10.1. The molecule has 0 bridgehead atoms. The van der Waals surface area contributed by atoms with Gasteiger partial charge in [0, 0.05) is 0 Å². The highest BCUT2D eigenvalue weighted by molar-refractivity contribution is 5.86. The van der Waals surface area contributed by atoms with Gasteiger partial charge in [0.1, 0.15) is 11.6 Å². The molecule has 0 aliphatic heterocycles. The van der Waals surface area contributed by atoms with E-state index >= 15 is 0 Å². The van der Waals surface area contributed by atoms with Crippen molar-refractivity contribution >= 4 is 45.9 Å². The van der Waals surface area contributed by atoms with E-state index in [-0.39, 0.29) is 0 Å². The molecule has 6 nitrogen and oxygen atoms in total. The number of imidazole rings is 2. The van der Waals surface area contributed by atoms with Gasteiger partial charge < -0.3 is 9.97 Å². The van der Waals surface area contributed by atoms with E-state index in [9.17, 15) is 0 Å². The molecule has 4 aromatic carbocycles. The zero-order valence-corrected chi connectivity index (χ0v) is 18.2. The van der Waals surface area contributed by atoms with Gasteiger partial charge in [-0.05, 0) is 59.7 Å². The van der Waals surface area contributed by atoms with Crippen LogP contribution in [0.2, 0.25) is 0 Å². The molecule has 0 fully saturated rings. The van der Waals surface area contributed by atoms with Gasteiger partial charge >= 0.3 is 0 Å². The second-order valence-corrected chi connectivity index (χ2v) is 7.89. The van der Waals surface area contributed by atoms with Gasteiger partial charge in [-0.25, -0.2) is 9.97 Å². The molecule has 2 N–H and O–H groups in total.